The van der Waals surface area contributed by atoms with E-state index in [-0.39, 0.29) is 17.9 Å². The third-order valence-electron chi connectivity index (χ3n) is 4.16. The Labute approximate surface area is 107 Å². The second-order valence-corrected chi connectivity index (χ2v) is 5.30. The number of fused-ring (bicyclic) bond motifs is 1. The molecule has 2 aliphatic rings. The third-order valence-corrected chi connectivity index (χ3v) is 4.16. The summed E-state index contributed by atoms with van der Waals surface area (Å²) in [6.45, 7) is 0.879. The lowest BCUT2D eigenvalue weighted by molar-refractivity contribution is 0.0984. The van der Waals surface area contributed by atoms with Crippen LogP contribution in [0, 0.1) is 0 Å². The first-order valence-corrected chi connectivity index (χ1v) is 6.84. The maximum absolute atomic E-state index is 12.1. The molecule has 0 spiro atoms. The minimum absolute atomic E-state index is 0.192. The fraction of sp³-hybridized carbons (Fsp3) is 0.533. The third kappa shape index (κ3) is 1.93. The Hall–Kier alpha value is -1.35. The number of ketones is 1. The average Bonchev–Trinajstić information content (AvgIpc) is 2.73. The summed E-state index contributed by atoms with van der Waals surface area (Å²) in [4.78, 5) is 14.3. The van der Waals surface area contributed by atoms with E-state index in [4.69, 9.17) is 0 Å². The van der Waals surface area contributed by atoms with E-state index >= 15 is 0 Å². The summed E-state index contributed by atoms with van der Waals surface area (Å²) < 4.78 is 0. The molecule has 1 fully saturated rings. The molecule has 3 rings (SSSR count). The highest BCUT2D eigenvalue weighted by Crippen LogP contribution is 2.33. The molecule has 3 nitrogen and oxygen atoms in total. The van der Waals surface area contributed by atoms with Gasteiger partial charge in [-0.25, -0.2) is 0 Å². The van der Waals surface area contributed by atoms with Gasteiger partial charge in [0.2, 0.25) is 0 Å². The van der Waals surface area contributed by atoms with Crippen LogP contribution in [0.15, 0.2) is 24.3 Å². The van der Waals surface area contributed by atoms with Crippen LogP contribution in [0.2, 0.25) is 0 Å². The molecular formula is C15H19NO2. The van der Waals surface area contributed by atoms with Crippen LogP contribution < -0.4 is 4.90 Å². The molecule has 96 valence electrons. The molecule has 1 heterocycles. The topological polar surface area (TPSA) is 40.5 Å². The van der Waals surface area contributed by atoms with Gasteiger partial charge in [-0.05, 0) is 37.8 Å². The highest BCUT2D eigenvalue weighted by Gasteiger charge is 2.33. The van der Waals surface area contributed by atoms with Crippen molar-refractivity contribution in [3.63, 3.8) is 0 Å². The van der Waals surface area contributed by atoms with Gasteiger partial charge in [0.25, 0.3) is 0 Å². The fourth-order valence-electron chi connectivity index (χ4n) is 3.25. The van der Waals surface area contributed by atoms with Gasteiger partial charge in [-0.15, -0.1) is 0 Å². The molecule has 1 aliphatic heterocycles. The van der Waals surface area contributed by atoms with Crippen LogP contribution in [0.25, 0.3) is 0 Å². The van der Waals surface area contributed by atoms with Crippen LogP contribution in [0.5, 0.6) is 0 Å². The first-order chi connectivity index (χ1) is 8.77. The Morgan fingerprint density at radius 3 is 2.78 bits per heavy atom. The number of aliphatic hydroxyl groups excluding tert-OH is 1. The van der Waals surface area contributed by atoms with Gasteiger partial charge in [0.15, 0.2) is 5.78 Å². The zero-order valence-corrected chi connectivity index (χ0v) is 10.5. The summed E-state index contributed by atoms with van der Waals surface area (Å²) in [7, 11) is 0. The van der Waals surface area contributed by atoms with Gasteiger partial charge in [-0.1, -0.05) is 12.1 Å². The van der Waals surface area contributed by atoms with Crippen molar-refractivity contribution >= 4 is 11.5 Å². The normalized spacial score (nSPS) is 28.1. The van der Waals surface area contributed by atoms with Crippen LogP contribution in [-0.4, -0.2) is 29.6 Å². The molecule has 18 heavy (non-hydrogen) atoms. The van der Waals surface area contributed by atoms with Gasteiger partial charge < -0.3 is 10.0 Å². The Morgan fingerprint density at radius 2 is 2.00 bits per heavy atom. The predicted molar refractivity (Wildman–Crippen MR) is 71.0 cm³/mol. The zero-order chi connectivity index (χ0) is 12.5. The molecular weight excluding hydrogens is 226 g/mol. The van der Waals surface area contributed by atoms with Crippen molar-refractivity contribution in [2.45, 2.75) is 44.2 Å². The number of rotatable bonds is 1. The van der Waals surface area contributed by atoms with Crippen LogP contribution in [0.3, 0.4) is 0 Å². The molecule has 3 heteroatoms. The maximum Gasteiger partial charge on any atom is 0.165 e. The van der Waals surface area contributed by atoms with Gasteiger partial charge in [0, 0.05) is 24.2 Å². The number of hydrogen-bond donors (Lipinski definition) is 1. The van der Waals surface area contributed by atoms with Crippen LogP contribution in [0.4, 0.5) is 5.69 Å². The monoisotopic (exact) mass is 245 g/mol. The van der Waals surface area contributed by atoms with Gasteiger partial charge in [-0.2, -0.15) is 0 Å². The Balaban J connectivity index is 1.99. The molecule has 0 aromatic heterocycles. The van der Waals surface area contributed by atoms with E-state index in [9.17, 15) is 9.90 Å². The van der Waals surface area contributed by atoms with Gasteiger partial charge in [-0.3, -0.25) is 4.79 Å². The quantitative estimate of drug-likeness (QED) is 0.826. The van der Waals surface area contributed by atoms with Gasteiger partial charge in [0.1, 0.15) is 0 Å². The van der Waals surface area contributed by atoms with E-state index in [1.165, 1.54) is 0 Å². The molecule has 1 aliphatic carbocycles. The highest BCUT2D eigenvalue weighted by molar-refractivity contribution is 6.02. The Morgan fingerprint density at radius 1 is 1.17 bits per heavy atom. The largest absolute Gasteiger partial charge is 0.391 e. The van der Waals surface area contributed by atoms with E-state index in [2.05, 4.69) is 4.90 Å². The molecule has 2 unspecified atom stereocenters. The molecule has 0 radical (unpaired) electrons. The lowest BCUT2D eigenvalue weighted by Gasteiger charge is -2.33. The van der Waals surface area contributed by atoms with Crippen LogP contribution in [-0.2, 0) is 0 Å². The summed E-state index contributed by atoms with van der Waals surface area (Å²) in [6.07, 6.45) is 4.26. The Bertz CT molecular complexity index is 458. The van der Waals surface area contributed by atoms with Crippen molar-refractivity contribution in [1.29, 1.82) is 0 Å². The van der Waals surface area contributed by atoms with Gasteiger partial charge >= 0.3 is 0 Å². The standard InChI is InChI=1S/C15H19NO2/c17-14-9-4-10-16(13-7-3-8-15(13)18)12-6-2-1-5-11(12)14/h1-2,5-6,13,15,18H,3-4,7-10H2. The minimum Gasteiger partial charge on any atom is -0.391 e. The Kier molecular flexibility index (Phi) is 3.08. The number of carbonyl (C=O) groups excluding carboxylic acids is 1. The number of Topliss-reactive ketones (excluding diaryl/α,β-unsaturated/α-hetero) is 1. The number of benzene rings is 1. The average molecular weight is 245 g/mol. The summed E-state index contributed by atoms with van der Waals surface area (Å²) in [5.74, 6) is 0.237. The van der Waals surface area contributed by atoms with E-state index < -0.39 is 0 Å². The molecule has 0 amide bonds. The summed E-state index contributed by atoms with van der Waals surface area (Å²) >= 11 is 0. The molecule has 0 bridgehead atoms. The second-order valence-electron chi connectivity index (χ2n) is 5.30. The molecule has 2 atom stereocenters. The summed E-state index contributed by atoms with van der Waals surface area (Å²) in [6, 6.07) is 8.02. The van der Waals surface area contributed by atoms with Crippen molar-refractivity contribution in [1.82, 2.24) is 0 Å². The zero-order valence-electron chi connectivity index (χ0n) is 10.5. The highest BCUT2D eigenvalue weighted by atomic mass is 16.3. The van der Waals surface area contributed by atoms with Crippen LogP contribution >= 0.6 is 0 Å². The lowest BCUT2D eigenvalue weighted by atomic mass is 10.1. The number of anilines is 1. The van der Waals surface area contributed by atoms with Crippen molar-refractivity contribution in [3.05, 3.63) is 29.8 Å². The number of nitrogens with zero attached hydrogens (tertiary/aromatic N) is 1. The van der Waals surface area contributed by atoms with Crippen molar-refractivity contribution in [3.8, 4) is 0 Å². The van der Waals surface area contributed by atoms with E-state index in [0.29, 0.717) is 6.42 Å². The number of para-hydroxylation sites is 1. The molecule has 1 N–H and O–H groups in total. The fourth-order valence-corrected chi connectivity index (χ4v) is 3.25. The van der Waals surface area contributed by atoms with Gasteiger partial charge in [0.05, 0.1) is 12.1 Å². The van der Waals surface area contributed by atoms with Crippen molar-refractivity contribution in [2.75, 3.05) is 11.4 Å². The van der Waals surface area contributed by atoms with Crippen molar-refractivity contribution in [2.24, 2.45) is 0 Å². The molecule has 0 saturated heterocycles. The maximum atomic E-state index is 12.1. The van der Waals surface area contributed by atoms with E-state index in [0.717, 1.165) is 43.5 Å². The number of aliphatic hydroxyl groups is 1. The SMILES string of the molecule is O=C1CCCN(C2CCCC2O)c2ccccc21. The summed E-state index contributed by atoms with van der Waals surface area (Å²) in [5.41, 5.74) is 1.85. The smallest absolute Gasteiger partial charge is 0.165 e. The second kappa shape index (κ2) is 4.73. The van der Waals surface area contributed by atoms with Crippen molar-refractivity contribution < 1.29 is 9.90 Å². The molecule has 1 aromatic rings. The van der Waals surface area contributed by atoms with E-state index in [1.54, 1.807) is 0 Å². The number of hydrogen-bond acceptors (Lipinski definition) is 3. The lowest BCUT2D eigenvalue weighted by Crippen LogP contribution is -2.41. The molecule has 1 aromatic carbocycles. The molecule has 1 saturated carbocycles. The first kappa shape index (κ1) is 11.7. The minimum atomic E-state index is -0.244. The number of carbonyl (C=O) groups is 1. The first-order valence-electron chi connectivity index (χ1n) is 6.84. The predicted octanol–water partition coefficient (Wildman–Crippen LogP) is 2.38. The van der Waals surface area contributed by atoms with E-state index in [1.807, 2.05) is 24.3 Å². The summed E-state index contributed by atoms with van der Waals surface area (Å²) in [5, 5.41) is 10.1. The van der Waals surface area contributed by atoms with Crippen LogP contribution in [0.1, 0.15) is 42.5 Å².